The number of carbonyl (C=O) groups excluding carboxylic acids is 3. The van der Waals surface area contributed by atoms with Crippen LogP contribution in [-0.2, 0) is 28.6 Å². The van der Waals surface area contributed by atoms with Crippen LogP contribution in [-0.4, -0.2) is 37.2 Å². The zero-order valence-electron chi connectivity index (χ0n) is 39.8. The maximum absolute atomic E-state index is 12.8. The van der Waals surface area contributed by atoms with E-state index in [-0.39, 0.29) is 31.1 Å². The van der Waals surface area contributed by atoms with Gasteiger partial charge in [-0.2, -0.15) is 0 Å². The molecule has 0 spiro atoms. The molecule has 0 aliphatic carbocycles. The molecule has 344 valence electrons. The Bertz CT molecular complexity index is 898. The first kappa shape index (κ1) is 56.4. The first-order valence-corrected chi connectivity index (χ1v) is 25.6. The highest BCUT2D eigenvalue weighted by Gasteiger charge is 2.19. The SMILES string of the molecule is CC(C)CCCCCCCCCCCCCCCC(=O)OC[C@H](COC(=O)CCCCCCCCC(C)C)OC(=O)CCCCCCCCCCCCCCC(C)C. The summed E-state index contributed by atoms with van der Waals surface area (Å²) >= 11 is 0. The van der Waals surface area contributed by atoms with E-state index in [1.807, 2.05) is 0 Å². The second-order valence-electron chi connectivity index (χ2n) is 19.2. The lowest BCUT2D eigenvalue weighted by molar-refractivity contribution is -0.167. The lowest BCUT2D eigenvalue weighted by atomic mass is 10.0. The summed E-state index contributed by atoms with van der Waals surface area (Å²) in [6.07, 6.45) is 42.5. The van der Waals surface area contributed by atoms with Gasteiger partial charge in [0, 0.05) is 19.3 Å². The largest absolute Gasteiger partial charge is 0.462 e. The van der Waals surface area contributed by atoms with E-state index in [4.69, 9.17) is 14.2 Å². The van der Waals surface area contributed by atoms with Crippen LogP contribution in [0.25, 0.3) is 0 Å². The number of carbonyl (C=O) groups is 3. The van der Waals surface area contributed by atoms with E-state index in [1.54, 1.807) is 0 Å². The van der Waals surface area contributed by atoms with E-state index >= 15 is 0 Å². The van der Waals surface area contributed by atoms with Gasteiger partial charge in [0.15, 0.2) is 6.10 Å². The van der Waals surface area contributed by atoms with Crippen LogP contribution in [0.4, 0.5) is 0 Å². The van der Waals surface area contributed by atoms with Crippen molar-refractivity contribution in [1.29, 1.82) is 0 Å². The predicted octanol–water partition coefficient (Wildman–Crippen LogP) is 16.4. The van der Waals surface area contributed by atoms with E-state index < -0.39 is 6.10 Å². The minimum atomic E-state index is -0.763. The van der Waals surface area contributed by atoms with Gasteiger partial charge in [0.25, 0.3) is 0 Å². The Hall–Kier alpha value is -1.59. The minimum Gasteiger partial charge on any atom is -0.462 e. The average Bonchev–Trinajstić information content (AvgIpc) is 3.18. The molecule has 1 atom stereocenters. The van der Waals surface area contributed by atoms with Gasteiger partial charge in [0.2, 0.25) is 0 Å². The molecule has 0 amide bonds. The summed E-state index contributed by atoms with van der Waals surface area (Å²) in [5, 5.41) is 0. The molecule has 0 saturated carbocycles. The van der Waals surface area contributed by atoms with Crippen LogP contribution in [0.3, 0.4) is 0 Å². The van der Waals surface area contributed by atoms with Crippen molar-refractivity contribution >= 4 is 17.9 Å². The molecular weight excluding hydrogens is 721 g/mol. The number of hydrogen-bond acceptors (Lipinski definition) is 6. The second-order valence-corrected chi connectivity index (χ2v) is 19.2. The molecular formula is C52H100O6. The quantitative estimate of drug-likeness (QED) is 0.0346. The number of unbranched alkanes of at least 4 members (excludes halogenated alkanes) is 28. The Balaban J connectivity index is 4.28. The van der Waals surface area contributed by atoms with Crippen LogP contribution in [0.1, 0.15) is 279 Å². The summed E-state index contributed by atoms with van der Waals surface area (Å²) < 4.78 is 16.8. The highest BCUT2D eigenvalue weighted by atomic mass is 16.6. The Morgan fingerprint density at radius 3 is 0.741 bits per heavy atom. The van der Waals surface area contributed by atoms with Crippen molar-refractivity contribution in [3.8, 4) is 0 Å². The zero-order chi connectivity index (χ0) is 42.7. The Kier molecular flexibility index (Phi) is 42.3. The van der Waals surface area contributed by atoms with Gasteiger partial charge in [-0.1, -0.05) is 241 Å². The maximum atomic E-state index is 12.8. The molecule has 0 heterocycles. The molecule has 0 saturated heterocycles. The smallest absolute Gasteiger partial charge is 0.306 e. The minimum absolute atomic E-state index is 0.0654. The first-order valence-electron chi connectivity index (χ1n) is 25.6. The lowest BCUT2D eigenvalue weighted by Gasteiger charge is -2.18. The third-order valence-corrected chi connectivity index (χ3v) is 11.6. The molecule has 0 aromatic rings. The molecule has 0 bridgehead atoms. The van der Waals surface area contributed by atoms with Gasteiger partial charge in [-0.05, 0) is 37.0 Å². The van der Waals surface area contributed by atoms with Crippen molar-refractivity contribution in [3.05, 3.63) is 0 Å². The third kappa shape index (κ3) is 45.5. The van der Waals surface area contributed by atoms with E-state index in [0.29, 0.717) is 19.3 Å². The second kappa shape index (κ2) is 43.5. The zero-order valence-corrected chi connectivity index (χ0v) is 39.8. The summed E-state index contributed by atoms with van der Waals surface area (Å²) in [6.45, 7) is 13.7. The van der Waals surface area contributed by atoms with Crippen molar-refractivity contribution in [2.24, 2.45) is 17.8 Å². The highest BCUT2D eigenvalue weighted by Crippen LogP contribution is 2.17. The monoisotopic (exact) mass is 821 g/mol. The van der Waals surface area contributed by atoms with Crippen LogP contribution < -0.4 is 0 Å². The van der Waals surface area contributed by atoms with E-state index in [9.17, 15) is 14.4 Å². The van der Waals surface area contributed by atoms with E-state index in [2.05, 4.69) is 41.5 Å². The average molecular weight is 821 g/mol. The Labute approximate surface area is 361 Å². The van der Waals surface area contributed by atoms with Gasteiger partial charge < -0.3 is 14.2 Å². The molecule has 0 rings (SSSR count). The van der Waals surface area contributed by atoms with E-state index in [1.165, 1.54) is 161 Å². The van der Waals surface area contributed by atoms with Gasteiger partial charge in [-0.15, -0.1) is 0 Å². The fourth-order valence-electron chi connectivity index (χ4n) is 7.76. The summed E-state index contributed by atoms with van der Waals surface area (Å²) in [6, 6.07) is 0. The molecule has 6 heteroatoms. The van der Waals surface area contributed by atoms with Crippen LogP contribution in [0.2, 0.25) is 0 Å². The number of rotatable bonds is 45. The van der Waals surface area contributed by atoms with Crippen molar-refractivity contribution in [3.63, 3.8) is 0 Å². The van der Waals surface area contributed by atoms with Crippen LogP contribution in [0, 0.1) is 17.8 Å². The highest BCUT2D eigenvalue weighted by molar-refractivity contribution is 5.71. The molecule has 0 radical (unpaired) electrons. The Morgan fingerprint density at radius 2 is 0.500 bits per heavy atom. The van der Waals surface area contributed by atoms with E-state index in [0.717, 1.165) is 75.5 Å². The fraction of sp³-hybridized carbons (Fsp3) is 0.942. The van der Waals surface area contributed by atoms with Crippen molar-refractivity contribution in [1.82, 2.24) is 0 Å². The van der Waals surface area contributed by atoms with Crippen LogP contribution >= 0.6 is 0 Å². The Morgan fingerprint density at radius 1 is 0.293 bits per heavy atom. The molecule has 0 aliphatic heterocycles. The molecule has 0 fully saturated rings. The molecule has 0 aliphatic rings. The predicted molar refractivity (Wildman–Crippen MR) is 247 cm³/mol. The number of hydrogen-bond donors (Lipinski definition) is 0. The number of ether oxygens (including phenoxy) is 3. The molecule has 0 N–H and O–H groups in total. The van der Waals surface area contributed by atoms with Gasteiger partial charge in [-0.25, -0.2) is 0 Å². The summed E-state index contributed by atoms with van der Waals surface area (Å²) in [4.78, 5) is 37.9. The number of esters is 3. The van der Waals surface area contributed by atoms with Gasteiger partial charge >= 0.3 is 17.9 Å². The van der Waals surface area contributed by atoms with Gasteiger partial charge in [-0.3, -0.25) is 14.4 Å². The lowest BCUT2D eigenvalue weighted by Crippen LogP contribution is -2.30. The first-order chi connectivity index (χ1) is 28.1. The summed E-state index contributed by atoms with van der Waals surface area (Å²) in [5.74, 6) is 1.58. The molecule has 0 aromatic heterocycles. The van der Waals surface area contributed by atoms with Crippen molar-refractivity contribution in [2.45, 2.75) is 285 Å². The molecule has 6 nitrogen and oxygen atoms in total. The maximum Gasteiger partial charge on any atom is 0.306 e. The molecule has 58 heavy (non-hydrogen) atoms. The van der Waals surface area contributed by atoms with Gasteiger partial charge in [0.05, 0.1) is 0 Å². The van der Waals surface area contributed by atoms with Crippen molar-refractivity contribution in [2.75, 3.05) is 13.2 Å². The molecule has 0 unspecified atom stereocenters. The van der Waals surface area contributed by atoms with Gasteiger partial charge in [0.1, 0.15) is 13.2 Å². The summed E-state index contributed by atoms with van der Waals surface area (Å²) in [5.41, 5.74) is 0. The fourth-order valence-corrected chi connectivity index (χ4v) is 7.76. The standard InChI is InChI=1S/C52H100O6/c1-46(2)38-32-26-20-16-12-8-7-9-14-18-22-29-35-41-50(53)56-44-49(45-57-51(54)42-36-30-25-24-28-34-40-48(5)6)58-52(55)43-37-31-23-19-15-11-10-13-17-21-27-33-39-47(3)4/h46-49H,7-45H2,1-6H3/t49-/m1/s1. The molecule has 0 aromatic carbocycles. The van der Waals surface area contributed by atoms with Crippen molar-refractivity contribution < 1.29 is 28.6 Å². The van der Waals surface area contributed by atoms with Crippen LogP contribution in [0.5, 0.6) is 0 Å². The summed E-state index contributed by atoms with van der Waals surface area (Å²) in [7, 11) is 0. The topological polar surface area (TPSA) is 78.9 Å². The third-order valence-electron chi connectivity index (χ3n) is 11.6. The van der Waals surface area contributed by atoms with Crippen LogP contribution in [0.15, 0.2) is 0 Å². The normalized spacial score (nSPS) is 12.2.